The van der Waals surface area contributed by atoms with Gasteiger partial charge in [0.2, 0.25) is 0 Å². The second-order valence-corrected chi connectivity index (χ2v) is 4.35. The van der Waals surface area contributed by atoms with Gasteiger partial charge in [-0.3, -0.25) is 4.79 Å². The summed E-state index contributed by atoms with van der Waals surface area (Å²) in [7, 11) is 0. The van der Waals surface area contributed by atoms with E-state index in [0.717, 1.165) is 18.4 Å². The molecule has 0 saturated carbocycles. The van der Waals surface area contributed by atoms with Crippen molar-refractivity contribution in [1.82, 2.24) is 0 Å². The molecule has 0 unspecified atom stereocenters. The van der Waals surface area contributed by atoms with Crippen molar-refractivity contribution < 1.29 is 15.0 Å². The number of phenolic OH excluding ortho intramolecular Hbond substituents is 1. The van der Waals surface area contributed by atoms with Crippen LogP contribution in [0.5, 0.6) is 5.75 Å². The van der Waals surface area contributed by atoms with Crippen LogP contribution in [-0.4, -0.2) is 16.2 Å². The molecule has 0 radical (unpaired) electrons. The molecule has 0 heterocycles. The number of aromatic hydroxyl groups is 1. The third kappa shape index (κ3) is 2.35. The standard InChI is InChI=1S/C13H16O3/c14-12-8-10-4-2-1-3-9(10)7-11(12)5-6-13(15)16/h7-8,14H,1-6H2,(H,15,16). The van der Waals surface area contributed by atoms with E-state index in [1.165, 1.54) is 24.0 Å². The number of aliphatic carboxylic acids is 1. The minimum Gasteiger partial charge on any atom is -0.508 e. The van der Waals surface area contributed by atoms with Gasteiger partial charge in [0.1, 0.15) is 5.75 Å². The van der Waals surface area contributed by atoms with Crippen LogP contribution in [0.15, 0.2) is 12.1 Å². The Hall–Kier alpha value is -1.51. The van der Waals surface area contributed by atoms with Gasteiger partial charge in [-0.1, -0.05) is 6.07 Å². The summed E-state index contributed by atoms with van der Waals surface area (Å²) >= 11 is 0. The van der Waals surface area contributed by atoms with Crippen molar-refractivity contribution in [2.45, 2.75) is 38.5 Å². The van der Waals surface area contributed by atoms with E-state index in [1.807, 2.05) is 12.1 Å². The molecule has 86 valence electrons. The van der Waals surface area contributed by atoms with Gasteiger partial charge in [-0.25, -0.2) is 0 Å². The molecule has 2 N–H and O–H groups in total. The molecular weight excluding hydrogens is 204 g/mol. The number of carboxylic acid groups (broad SMARTS) is 1. The van der Waals surface area contributed by atoms with Gasteiger partial charge in [0.15, 0.2) is 0 Å². The van der Waals surface area contributed by atoms with E-state index in [9.17, 15) is 9.90 Å². The number of aryl methyl sites for hydroxylation is 3. The highest BCUT2D eigenvalue weighted by molar-refractivity contribution is 5.67. The molecule has 0 aliphatic heterocycles. The van der Waals surface area contributed by atoms with Crippen LogP contribution in [-0.2, 0) is 24.1 Å². The van der Waals surface area contributed by atoms with Crippen molar-refractivity contribution in [2.24, 2.45) is 0 Å². The number of benzene rings is 1. The summed E-state index contributed by atoms with van der Waals surface area (Å²) in [6.07, 6.45) is 4.94. The van der Waals surface area contributed by atoms with Gasteiger partial charge in [-0.2, -0.15) is 0 Å². The number of rotatable bonds is 3. The van der Waals surface area contributed by atoms with Crippen molar-refractivity contribution in [3.05, 3.63) is 28.8 Å². The van der Waals surface area contributed by atoms with E-state index in [4.69, 9.17) is 5.11 Å². The Morgan fingerprint density at radius 2 is 1.81 bits per heavy atom. The molecule has 0 spiro atoms. The van der Waals surface area contributed by atoms with Gasteiger partial charge in [-0.15, -0.1) is 0 Å². The predicted molar refractivity (Wildman–Crippen MR) is 60.7 cm³/mol. The maximum absolute atomic E-state index is 10.5. The lowest BCUT2D eigenvalue weighted by molar-refractivity contribution is -0.136. The molecule has 3 nitrogen and oxygen atoms in total. The van der Waals surface area contributed by atoms with Crippen LogP contribution < -0.4 is 0 Å². The van der Waals surface area contributed by atoms with E-state index in [2.05, 4.69) is 0 Å². The zero-order chi connectivity index (χ0) is 11.5. The lowest BCUT2D eigenvalue weighted by Gasteiger charge is -2.17. The first-order chi connectivity index (χ1) is 7.66. The number of phenols is 1. The van der Waals surface area contributed by atoms with Crippen molar-refractivity contribution >= 4 is 5.97 Å². The Morgan fingerprint density at radius 3 is 2.44 bits per heavy atom. The molecule has 1 aliphatic rings. The number of hydrogen-bond acceptors (Lipinski definition) is 2. The number of carbonyl (C=O) groups is 1. The fourth-order valence-electron chi connectivity index (χ4n) is 2.27. The molecule has 0 aromatic heterocycles. The molecule has 0 bridgehead atoms. The molecule has 0 saturated heterocycles. The summed E-state index contributed by atoms with van der Waals surface area (Å²) in [5, 5.41) is 18.4. The number of carboxylic acids is 1. The monoisotopic (exact) mass is 220 g/mol. The van der Waals surface area contributed by atoms with Crippen molar-refractivity contribution in [3.63, 3.8) is 0 Å². The molecular formula is C13H16O3. The first kappa shape index (κ1) is 11.0. The highest BCUT2D eigenvalue weighted by atomic mass is 16.4. The van der Waals surface area contributed by atoms with Crippen LogP contribution in [0.4, 0.5) is 0 Å². The third-order valence-corrected chi connectivity index (χ3v) is 3.15. The second kappa shape index (κ2) is 4.56. The summed E-state index contributed by atoms with van der Waals surface area (Å²) in [6.45, 7) is 0. The molecule has 1 aliphatic carbocycles. The van der Waals surface area contributed by atoms with E-state index in [1.54, 1.807) is 0 Å². The Bertz CT molecular complexity index is 410. The van der Waals surface area contributed by atoms with Crippen molar-refractivity contribution in [1.29, 1.82) is 0 Å². The smallest absolute Gasteiger partial charge is 0.303 e. The molecule has 0 fully saturated rings. The average molecular weight is 220 g/mol. The largest absolute Gasteiger partial charge is 0.508 e. The summed E-state index contributed by atoms with van der Waals surface area (Å²) < 4.78 is 0. The molecule has 2 rings (SSSR count). The molecule has 16 heavy (non-hydrogen) atoms. The van der Waals surface area contributed by atoms with Gasteiger partial charge < -0.3 is 10.2 Å². The lowest BCUT2D eigenvalue weighted by atomic mass is 9.89. The summed E-state index contributed by atoms with van der Waals surface area (Å²) in [4.78, 5) is 10.5. The first-order valence-electron chi connectivity index (χ1n) is 5.72. The Balaban J connectivity index is 2.21. The fourth-order valence-corrected chi connectivity index (χ4v) is 2.27. The number of hydrogen-bond donors (Lipinski definition) is 2. The van der Waals surface area contributed by atoms with Crippen LogP contribution >= 0.6 is 0 Å². The van der Waals surface area contributed by atoms with E-state index < -0.39 is 5.97 Å². The highest BCUT2D eigenvalue weighted by Gasteiger charge is 2.13. The van der Waals surface area contributed by atoms with Crippen LogP contribution in [0.2, 0.25) is 0 Å². The maximum Gasteiger partial charge on any atom is 0.303 e. The lowest BCUT2D eigenvalue weighted by Crippen LogP contribution is -2.05. The third-order valence-electron chi connectivity index (χ3n) is 3.15. The summed E-state index contributed by atoms with van der Waals surface area (Å²) in [5.41, 5.74) is 3.27. The van der Waals surface area contributed by atoms with E-state index in [-0.39, 0.29) is 12.2 Å². The van der Waals surface area contributed by atoms with Crippen LogP contribution in [0.25, 0.3) is 0 Å². The Morgan fingerprint density at radius 1 is 1.19 bits per heavy atom. The highest BCUT2D eigenvalue weighted by Crippen LogP contribution is 2.29. The van der Waals surface area contributed by atoms with Crippen molar-refractivity contribution in [3.8, 4) is 5.75 Å². The van der Waals surface area contributed by atoms with Gasteiger partial charge in [0, 0.05) is 6.42 Å². The summed E-state index contributed by atoms with van der Waals surface area (Å²) in [5.74, 6) is -0.570. The van der Waals surface area contributed by atoms with Crippen molar-refractivity contribution in [2.75, 3.05) is 0 Å². The molecule has 1 aromatic rings. The Kier molecular flexibility index (Phi) is 3.13. The SMILES string of the molecule is O=C(O)CCc1cc2c(cc1O)CCCC2. The molecule has 0 amide bonds. The van der Waals surface area contributed by atoms with Crippen LogP contribution in [0, 0.1) is 0 Å². The quantitative estimate of drug-likeness (QED) is 0.821. The average Bonchev–Trinajstić information content (AvgIpc) is 2.26. The first-order valence-corrected chi connectivity index (χ1v) is 5.72. The minimum atomic E-state index is -0.822. The van der Waals surface area contributed by atoms with E-state index >= 15 is 0 Å². The minimum absolute atomic E-state index is 0.0757. The normalized spacial score (nSPS) is 14.5. The van der Waals surface area contributed by atoms with Gasteiger partial charge >= 0.3 is 5.97 Å². The zero-order valence-corrected chi connectivity index (χ0v) is 9.20. The van der Waals surface area contributed by atoms with Crippen LogP contribution in [0.1, 0.15) is 36.0 Å². The van der Waals surface area contributed by atoms with Gasteiger partial charge in [-0.05, 0) is 54.9 Å². The Labute approximate surface area is 94.7 Å². The molecule has 0 atom stereocenters. The topological polar surface area (TPSA) is 57.5 Å². The summed E-state index contributed by atoms with van der Waals surface area (Å²) in [6, 6.07) is 3.79. The maximum atomic E-state index is 10.5. The predicted octanol–water partition coefficient (Wildman–Crippen LogP) is 2.29. The van der Waals surface area contributed by atoms with Gasteiger partial charge in [0.25, 0.3) is 0 Å². The second-order valence-electron chi connectivity index (χ2n) is 4.35. The zero-order valence-electron chi connectivity index (χ0n) is 9.20. The van der Waals surface area contributed by atoms with E-state index in [0.29, 0.717) is 6.42 Å². The van der Waals surface area contributed by atoms with Crippen LogP contribution in [0.3, 0.4) is 0 Å². The molecule has 1 aromatic carbocycles. The number of fused-ring (bicyclic) bond motifs is 1. The fraction of sp³-hybridized carbons (Fsp3) is 0.462. The van der Waals surface area contributed by atoms with Gasteiger partial charge in [0.05, 0.1) is 0 Å². The molecule has 3 heteroatoms.